The number of benzene rings is 1. The van der Waals surface area contributed by atoms with E-state index in [-0.39, 0.29) is 24.0 Å². The SMILES string of the molecule is COC(C)CC(=O)N1CCC(NC(=O)c2ccccc2C)CC1. The molecule has 2 rings (SSSR count). The first-order chi connectivity index (χ1) is 11.0. The highest BCUT2D eigenvalue weighted by atomic mass is 16.5. The van der Waals surface area contributed by atoms with E-state index in [9.17, 15) is 9.59 Å². The summed E-state index contributed by atoms with van der Waals surface area (Å²) < 4.78 is 5.14. The molecule has 126 valence electrons. The average Bonchev–Trinajstić information content (AvgIpc) is 2.55. The molecule has 1 heterocycles. The Kier molecular flexibility index (Phi) is 6.16. The fourth-order valence-electron chi connectivity index (χ4n) is 2.82. The largest absolute Gasteiger partial charge is 0.381 e. The molecule has 1 N–H and O–H groups in total. The normalized spacial score (nSPS) is 16.9. The Balaban J connectivity index is 1.82. The molecule has 1 aromatic rings. The number of amides is 2. The molecule has 0 bridgehead atoms. The van der Waals surface area contributed by atoms with Crippen LogP contribution in [-0.4, -0.2) is 49.1 Å². The third kappa shape index (κ3) is 4.79. The Hall–Kier alpha value is -1.88. The maximum absolute atomic E-state index is 12.3. The van der Waals surface area contributed by atoms with E-state index in [1.54, 1.807) is 7.11 Å². The number of aryl methyl sites for hydroxylation is 1. The minimum Gasteiger partial charge on any atom is -0.381 e. The molecular weight excluding hydrogens is 292 g/mol. The first-order valence-electron chi connectivity index (χ1n) is 8.18. The zero-order valence-corrected chi connectivity index (χ0v) is 14.2. The van der Waals surface area contributed by atoms with Crippen molar-refractivity contribution in [2.24, 2.45) is 0 Å². The van der Waals surface area contributed by atoms with Gasteiger partial charge in [-0.2, -0.15) is 0 Å². The molecule has 1 atom stereocenters. The third-order valence-corrected chi connectivity index (χ3v) is 4.44. The predicted molar refractivity (Wildman–Crippen MR) is 89.3 cm³/mol. The van der Waals surface area contributed by atoms with Gasteiger partial charge in [0.1, 0.15) is 0 Å². The van der Waals surface area contributed by atoms with Crippen molar-refractivity contribution >= 4 is 11.8 Å². The van der Waals surface area contributed by atoms with Gasteiger partial charge in [-0.05, 0) is 38.3 Å². The fraction of sp³-hybridized carbons (Fsp3) is 0.556. The average molecular weight is 318 g/mol. The van der Waals surface area contributed by atoms with Gasteiger partial charge in [-0.3, -0.25) is 9.59 Å². The van der Waals surface area contributed by atoms with E-state index in [2.05, 4.69) is 5.32 Å². The number of rotatable bonds is 5. The molecule has 1 aliphatic heterocycles. The van der Waals surface area contributed by atoms with Crippen molar-refractivity contribution in [3.63, 3.8) is 0 Å². The Morgan fingerprint density at radius 2 is 1.96 bits per heavy atom. The number of nitrogens with one attached hydrogen (secondary N) is 1. The number of piperidine rings is 1. The summed E-state index contributed by atoms with van der Waals surface area (Å²) in [6.07, 6.45) is 1.95. The van der Waals surface area contributed by atoms with Crippen LogP contribution in [0.4, 0.5) is 0 Å². The van der Waals surface area contributed by atoms with Gasteiger partial charge in [0.2, 0.25) is 5.91 Å². The van der Waals surface area contributed by atoms with E-state index < -0.39 is 0 Å². The van der Waals surface area contributed by atoms with E-state index in [1.807, 2.05) is 43.0 Å². The highest BCUT2D eigenvalue weighted by Crippen LogP contribution is 2.14. The molecule has 2 amide bonds. The number of hydrogen-bond donors (Lipinski definition) is 1. The smallest absolute Gasteiger partial charge is 0.251 e. The molecule has 0 aromatic heterocycles. The second-order valence-corrected chi connectivity index (χ2v) is 6.19. The molecule has 1 unspecified atom stereocenters. The van der Waals surface area contributed by atoms with Gasteiger partial charge in [-0.25, -0.2) is 0 Å². The summed E-state index contributed by atoms with van der Waals surface area (Å²) in [5.41, 5.74) is 1.70. The van der Waals surface area contributed by atoms with Crippen molar-refractivity contribution in [1.82, 2.24) is 10.2 Å². The van der Waals surface area contributed by atoms with E-state index >= 15 is 0 Å². The van der Waals surface area contributed by atoms with Crippen LogP contribution in [-0.2, 0) is 9.53 Å². The molecule has 1 aliphatic rings. The van der Waals surface area contributed by atoms with Crippen LogP contribution in [0.25, 0.3) is 0 Å². The van der Waals surface area contributed by atoms with Gasteiger partial charge in [-0.15, -0.1) is 0 Å². The summed E-state index contributed by atoms with van der Waals surface area (Å²) in [6.45, 7) is 5.21. The quantitative estimate of drug-likeness (QED) is 0.905. The van der Waals surface area contributed by atoms with Crippen LogP contribution in [0.5, 0.6) is 0 Å². The van der Waals surface area contributed by atoms with Gasteiger partial charge in [0.25, 0.3) is 5.91 Å². The first kappa shape index (κ1) is 17.5. The Bertz CT molecular complexity index is 551. The molecule has 0 saturated carbocycles. The molecule has 1 aromatic carbocycles. The number of carbonyl (C=O) groups excluding carboxylic acids is 2. The maximum atomic E-state index is 12.3. The van der Waals surface area contributed by atoms with Crippen LogP contribution < -0.4 is 5.32 Å². The van der Waals surface area contributed by atoms with E-state index in [0.717, 1.165) is 24.0 Å². The first-order valence-corrected chi connectivity index (χ1v) is 8.18. The lowest BCUT2D eigenvalue weighted by Crippen LogP contribution is -2.47. The zero-order chi connectivity index (χ0) is 16.8. The van der Waals surface area contributed by atoms with Gasteiger partial charge in [0.05, 0.1) is 12.5 Å². The molecule has 1 fully saturated rings. The Morgan fingerprint density at radius 3 is 2.57 bits per heavy atom. The van der Waals surface area contributed by atoms with Crippen LogP contribution in [0.1, 0.15) is 42.1 Å². The highest BCUT2D eigenvalue weighted by molar-refractivity contribution is 5.95. The standard InChI is InChI=1S/C18H26N2O3/c1-13-6-4-5-7-16(13)18(22)19-15-8-10-20(11-9-15)17(21)12-14(2)23-3/h4-7,14-15H,8-12H2,1-3H3,(H,19,22). The van der Waals surface area contributed by atoms with Crippen LogP contribution in [0.15, 0.2) is 24.3 Å². The van der Waals surface area contributed by atoms with Gasteiger partial charge in [0.15, 0.2) is 0 Å². The minimum atomic E-state index is -0.0546. The lowest BCUT2D eigenvalue weighted by molar-refractivity contribution is -0.134. The molecule has 5 heteroatoms. The summed E-state index contributed by atoms with van der Waals surface area (Å²) in [6, 6.07) is 7.71. The Morgan fingerprint density at radius 1 is 1.30 bits per heavy atom. The summed E-state index contributed by atoms with van der Waals surface area (Å²) in [7, 11) is 1.62. The highest BCUT2D eigenvalue weighted by Gasteiger charge is 2.25. The van der Waals surface area contributed by atoms with Crippen LogP contribution in [0.3, 0.4) is 0 Å². The molecular formula is C18H26N2O3. The van der Waals surface area contributed by atoms with Crippen molar-refractivity contribution in [1.29, 1.82) is 0 Å². The topological polar surface area (TPSA) is 58.6 Å². The van der Waals surface area contributed by atoms with Gasteiger partial charge < -0.3 is 15.0 Å². The number of nitrogens with zero attached hydrogens (tertiary/aromatic N) is 1. The van der Waals surface area contributed by atoms with Crippen LogP contribution >= 0.6 is 0 Å². The van der Waals surface area contributed by atoms with Crippen molar-refractivity contribution in [3.05, 3.63) is 35.4 Å². The number of hydrogen-bond acceptors (Lipinski definition) is 3. The van der Waals surface area contributed by atoms with E-state index in [0.29, 0.717) is 19.5 Å². The van der Waals surface area contributed by atoms with Gasteiger partial charge >= 0.3 is 0 Å². The number of likely N-dealkylation sites (tertiary alicyclic amines) is 1. The number of carbonyl (C=O) groups is 2. The molecule has 23 heavy (non-hydrogen) atoms. The molecule has 0 spiro atoms. The lowest BCUT2D eigenvalue weighted by atomic mass is 10.0. The van der Waals surface area contributed by atoms with Crippen molar-refractivity contribution in [2.45, 2.75) is 45.3 Å². The summed E-state index contributed by atoms with van der Waals surface area (Å²) in [5.74, 6) is 0.101. The Labute approximate surface area is 138 Å². The fourth-order valence-corrected chi connectivity index (χ4v) is 2.82. The van der Waals surface area contributed by atoms with E-state index in [4.69, 9.17) is 4.74 Å². The second kappa shape index (κ2) is 8.11. The van der Waals surface area contributed by atoms with Crippen LogP contribution in [0, 0.1) is 6.92 Å². The second-order valence-electron chi connectivity index (χ2n) is 6.19. The zero-order valence-electron chi connectivity index (χ0n) is 14.2. The monoisotopic (exact) mass is 318 g/mol. The number of methoxy groups -OCH3 is 1. The van der Waals surface area contributed by atoms with Crippen molar-refractivity contribution < 1.29 is 14.3 Å². The van der Waals surface area contributed by atoms with Crippen molar-refractivity contribution in [2.75, 3.05) is 20.2 Å². The maximum Gasteiger partial charge on any atom is 0.251 e. The molecule has 5 nitrogen and oxygen atoms in total. The minimum absolute atomic E-state index is 0.0270. The molecule has 1 saturated heterocycles. The van der Waals surface area contributed by atoms with Gasteiger partial charge in [0, 0.05) is 31.8 Å². The van der Waals surface area contributed by atoms with Crippen molar-refractivity contribution in [3.8, 4) is 0 Å². The lowest BCUT2D eigenvalue weighted by Gasteiger charge is -2.33. The molecule has 0 radical (unpaired) electrons. The van der Waals surface area contributed by atoms with Crippen LogP contribution in [0.2, 0.25) is 0 Å². The van der Waals surface area contributed by atoms with E-state index in [1.165, 1.54) is 0 Å². The summed E-state index contributed by atoms with van der Waals surface area (Å²) >= 11 is 0. The molecule has 0 aliphatic carbocycles. The van der Waals surface area contributed by atoms with Gasteiger partial charge in [-0.1, -0.05) is 18.2 Å². The predicted octanol–water partition coefficient (Wildman–Crippen LogP) is 2.14. The summed E-state index contributed by atoms with van der Waals surface area (Å²) in [5, 5.41) is 3.09. The summed E-state index contributed by atoms with van der Waals surface area (Å²) in [4.78, 5) is 26.3. The third-order valence-electron chi connectivity index (χ3n) is 4.44. The number of ether oxygens (including phenoxy) is 1.